The van der Waals surface area contributed by atoms with E-state index >= 15 is 0 Å². The van der Waals surface area contributed by atoms with Crippen LogP contribution in [0.2, 0.25) is 0 Å². The largest absolute Gasteiger partial charge is 0.393 e. The minimum Gasteiger partial charge on any atom is -0.393 e. The number of carbonyl (C=O) groups excluding carboxylic acids is 1. The standard InChI is InChI=1S/C21H34O2/c1-4-13-12-21(3)14(11-18(13)22)5-6-15-16-7-8-19(23)20(16,2)10-9-17(15)21/h13-17,19,23H,4-12H2,1-3H3/t13?,14-,15-,16-,17-,19-,20-,21-/m0/s1. The molecule has 4 aliphatic carbocycles. The van der Waals surface area contributed by atoms with Crippen molar-refractivity contribution in [3.63, 3.8) is 0 Å². The van der Waals surface area contributed by atoms with Gasteiger partial charge in [-0.2, -0.15) is 0 Å². The van der Waals surface area contributed by atoms with E-state index in [4.69, 9.17) is 0 Å². The van der Waals surface area contributed by atoms with Gasteiger partial charge in [0.15, 0.2) is 0 Å². The zero-order valence-corrected chi connectivity index (χ0v) is 15.2. The number of hydrogen-bond donors (Lipinski definition) is 1. The first-order valence-electron chi connectivity index (χ1n) is 10.1. The Bertz CT molecular complexity index is 500. The quantitative estimate of drug-likeness (QED) is 0.767. The minimum absolute atomic E-state index is 0.0738. The van der Waals surface area contributed by atoms with Crippen molar-refractivity contribution in [2.45, 2.75) is 84.7 Å². The number of hydrogen-bond acceptors (Lipinski definition) is 2. The van der Waals surface area contributed by atoms with E-state index in [2.05, 4.69) is 20.8 Å². The molecule has 0 saturated heterocycles. The van der Waals surface area contributed by atoms with Crippen molar-refractivity contribution in [2.24, 2.45) is 40.4 Å². The molecule has 8 atom stereocenters. The molecule has 0 amide bonds. The fourth-order valence-corrected chi connectivity index (χ4v) is 7.59. The summed E-state index contributed by atoms with van der Waals surface area (Å²) in [6.45, 7) is 7.08. The summed E-state index contributed by atoms with van der Waals surface area (Å²) in [6, 6.07) is 0. The Morgan fingerprint density at radius 1 is 1.04 bits per heavy atom. The first-order chi connectivity index (χ1) is 10.9. The van der Waals surface area contributed by atoms with Crippen LogP contribution in [0, 0.1) is 40.4 Å². The van der Waals surface area contributed by atoms with Crippen LogP contribution in [0.1, 0.15) is 78.6 Å². The van der Waals surface area contributed by atoms with Crippen molar-refractivity contribution in [3.05, 3.63) is 0 Å². The van der Waals surface area contributed by atoms with E-state index in [1.807, 2.05) is 0 Å². The molecule has 1 N–H and O–H groups in total. The first kappa shape index (κ1) is 16.1. The fraction of sp³-hybridized carbons (Fsp3) is 0.952. The highest BCUT2D eigenvalue weighted by atomic mass is 16.3. The molecule has 23 heavy (non-hydrogen) atoms. The molecule has 0 heterocycles. The lowest BCUT2D eigenvalue weighted by Gasteiger charge is -2.60. The highest BCUT2D eigenvalue weighted by Crippen LogP contribution is 2.66. The molecule has 130 valence electrons. The summed E-state index contributed by atoms with van der Waals surface area (Å²) < 4.78 is 0. The van der Waals surface area contributed by atoms with Crippen LogP contribution in [0.4, 0.5) is 0 Å². The summed E-state index contributed by atoms with van der Waals surface area (Å²) in [6.07, 6.45) is 10.2. The van der Waals surface area contributed by atoms with Gasteiger partial charge in [-0.1, -0.05) is 20.8 Å². The molecule has 2 heteroatoms. The maximum atomic E-state index is 12.4. The second-order valence-corrected chi connectivity index (χ2v) is 9.77. The Kier molecular flexibility index (Phi) is 3.72. The fourth-order valence-electron chi connectivity index (χ4n) is 7.59. The van der Waals surface area contributed by atoms with Crippen LogP contribution in [-0.2, 0) is 4.79 Å². The Morgan fingerprint density at radius 3 is 2.52 bits per heavy atom. The highest BCUT2D eigenvalue weighted by Gasteiger charge is 2.60. The molecule has 0 radical (unpaired) electrons. The van der Waals surface area contributed by atoms with E-state index in [-0.39, 0.29) is 11.5 Å². The molecule has 0 aromatic rings. The van der Waals surface area contributed by atoms with Crippen molar-refractivity contribution in [2.75, 3.05) is 0 Å². The molecule has 1 unspecified atom stereocenters. The van der Waals surface area contributed by atoms with Crippen molar-refractivity contribution < 1.29 is 9.90 Å². The summed E-state index contributed by atoms with van der Waals surface area (Å²) in [5.41, 5.74) is 0.561. The third-order valence-electron chi connectivity index (χ3n) is 9.10. The summed E-state index contributed by atoms with van der Waals surface area (Å²) >= 11 is 0. The number of ketones is 1. The number of rotatable bonds is 1. The predicted molar refractivity (Wildman–Crippen MR) is 91.9 cm³/mol. The zero-order chi connectivity index (χ0) is 16.4. The van der Waals surface area contributed by atoms with E-state index in [1.54, 1.807) is 0 Å². The summed E-state index contributed by atoms with van der Waals surface area (Å²) in [7, 11) is 0. The molecule has 4 fully saturated rings. The summed E-state index contributed by atoms with van der Waals surface area (Å²) in [5, 5.41) is 10.5. The molecule has 0 aromatic carbocycles. The van der Waals surface area contributed by atoms with E-state index < -0.39 is 0 Å². The molecule has 4 rings (SSSR count). The van der Waals surface area contributed by atoms with Crippen molar-refractivity contribution in [1.82, 2.24) is 0 Å². The van der Waals surface area contributed by atoms with Crippen LogP contribution in [0.5, 0.6) is 0 Å². The number of aliphatic hydroxyl groups is 1. The number of Topliss-reactive ketones (excluding diaryl/α,β-unsaturated/α-hetero) is 1. The lowest BCUT2D eigenvalue weighted by Crippen LogP contribution is -2.55. The van der Waals surface area contributed by atoms with Gasteiger partial charge in [-0.15, -0.1) is 0 Å². The third kappa shape index (κ3) is 2.12. The number of fused-ring (bicyclic) bond motifs is 5. The highest BCUT2D eigenvalue weighted by molar-refractivity contribution is 5.82. The Morgan fingerprint density at radius 2 is 1.78 bits per heavy atom. The van der Waals surface area contributed by atoms with Crippen LogP contribution in [-0.4, -0.2) is 17.0 Å². The van der Waals surface area contributed by atoms with Crippen LogP contribution < -0.4 is 0 Å². The molecule has 0 spiro atoms. The lowest BCUT2D eigenvalue weighted by atomic mass is 9.44. The van der Waals surface area contributed by atoms with Crippen molar-refractivity contribution >= 4 is 5.78 Å². The molecule has 4 aliphatic rings. The molecule has 0 aliphatic heterocycles. The molecule has 0 bridgehead atoms. The van der Waals surface area contributed by atoms with Gasteiger partial charge in [0.25, 0.3) is 0 Å². The van der Waals surface area contributed by atoms with Crippen LogP contribution >= 0.6 is 0 Å². The van der Waals surface area contributed by atoms with Gasteiger partial charge in [0, 0.05) is 12.3 Å². The Hall–Kier alpha value is -0.370. The molecule has 2 nitrogen and oxygen atoms in total. The topological polar surface area (TPSA) is 37.3 Å². The van der Waals surface area contributed by atoms with Crippen molar-refractivity contribution in [1.29, 1.82) is 0 Å². The third-order valence-corrected chi connectivity index (χ3v) is 9.10. The molecular formula is C21H34O2. The van der Waals surface area contributed by atoms with E-state index in [0.29, 0.717) is 23.0 Å². The van der Waals surface area contributed by atoms with Gasteiger partial charge < -0.3 is 5.11 Å². The summed E-state index contributed by atoms with van der Waals surface area (Å²) in [4.78, 5) is 12.4. The van der Waals surface area contributed by atoms with Crippen LogP contribution in [0.3, 0.4) is 0 Å². The minimum atomic E-state index is -0.0738. The van der Waals surface area contributed by atoms with Gasteiger partial charge in [0.2, 0.25) is 0 Å². The van der Waals surface area contributed by atoms with Gasteiger partial charge in [0.05, 0.1) is 6.10 Å². The summed E-state index contributed by atoms with van der Waals surface area (Å²) in [5.74, 6) is 3.83. The SMILES string of the molecule is CCC1C[C@@]2(C)[C@@H](CC[C@@H]3[C@@H]2CC[C@]2(C)[C@@H](O)CC[C@@H]32)CC1=O. The maximum absolute atomic E-state index is 12.4. The van der Waals surface area contributed by atoms with Crippen molar-refractivity contribution in [3.8, 4) is 0 Å². The first-order valence-corrected chi connectivity index (χ1v) is 10.1. The van der Waals surface area contributed by atoms with Gasteiger partial charge in [-0.05, 0) is 85.9 Å². The number of aliphatic hydroxyl groups excluding tert-OH is 1. The zero-order valence-electron chi connectivity index (χ0n) is 15.2. The molecular weight excluding hydrogens is 284 g/mol. The number of carbonyl (C=O) groups is 1. The van der Waals surface area contributed by atoms with Crippen LogP contribution in [0.15, 0.2) is 0 Å². The average Bonchev–Trinajstić information content (AvgIpc) is 2.83. The Labute approximate surface area is 141 Å². The smallest absolute Gasteiger partial charge is 0.136 e. The average molecular weight is 319 g/mol. The monoisotopic (exact) mass is 318 g/mol. The second-order valence-electron chi connectivity index (χ2n) is 9.77. The Balaban J connectivity index is 1.64. The van der Waals surface area contributed by atoms with E-state index in [1.165, 1.54) is 32.1 Å². The van der Waals surface area contributed by atoms with Gasteiger partial charge in [-0.3, -0.25) is 4.79 Å². The maximum Gasteiger partial charge on any atom is 0.136 e. The predicted octanol–water partition coefficient (Wildman–Crippen LogP) is 4.60. The molecule has 0 aromatic heterocycles. The molecule has 4 saturated carbocycles. The van der Waals surface area contributed by atoms with E-state index in [9.17, 15) is 9.90 Å². The van der Waals surface area contributed by atoms with Gasteiger partial charge in [0.1, 0.15) is 5.78 Å². The van der Waals surface area contributed by atoms with Gasteiger partial charge >= 0.3 is 0 Å². The normalized spacial score (nSPS) is 55.9. The lowest BCUT2D eigenvalue weighted by molar-refractivity contribution is -0.150. The second kappa shape index (κ2) is 5.31. The van der Waals surface area contributed by atoms with Crippen LogP contribution in [0.25, 0.3) is 0 Å². The van der Waals surface area contributed by atoms with Gasteiger partial charge in [-0.25, -0.2) is 0 Å². The van der Waals surface area contributed by atoms with E-state index in [0.717, 1.165) is 43.4 Å².